The number of hydrogen-bond donors (Lipinski definition) is 2. The summed E-state index contributed by atoms with van der Waals surface area (Å²) in [5, 5.41) is 13.4. The number of nitrogens with one attached hydrogen (secondary N) is 1. The second-order valence-electron chi connectivity index (χ2n) is 4.50. The minimum absolute atomic E-state index is 0.0601. The lowest BCUT2D eigenvalue weighted by Gasteiger charge is -2.12. The zero-order valence-corrected chi connectivity index (χ0v) is 11.6. The molecule has 1 amide bonds. The van der Waals surface area contributed by atoms with E-state index in [4.69, 9.17) is 9.84 Å². The molecule has 0 saturated heterocycles. The fourth-order valence-electron chi connectivity index (χ4n) is 2.20. The highest BCUT2D eigenvalue weighted by molar-refractivity contribution is 7.10. The molecule has 1 aliphatic rings. The van der Waals surface area contributed by atoms with E-state index in [2.05, 4.69) is 17.2 Å². The summed E-state index contributed by atoms with van der Waals surface area (Å²) in [7, 11) is 1.71. The molecular weight excluding hydrogens is 262 g/mol. The molecule has 0 spiro atoms. The molecule has 0 bridgehead atoms. The average molecular weight is 279 g/mol. The van der Waals surface area contributed by atoms with Gasteiger partial charge in [-0.25, -0.2) is 0 Å². The maximum atomic E-state index is 12.0. The van der Waals surface area contributed by atoms with Crippen LogP contribution >= 0.6 is 11.3 Å². The summed E-state index contributed by atoms with van der Waals surface area (Å²) < 4.78 is 5.29. The third-order valence-corrected chi connectivity index (χ3v) is 4.05. The maximum Gasteiger partial charge on any atom is 0.252 e. The van der Waals surface area contributed by atoms with Crippen molar-refractivity contribution in [2.45, 2.75) is 31.4 Å². The molecule has 1 aromatic heterocycles. The fraction of sp³-hybridized carbons (Fsp3) is 0.500. The van der Waals surface area contributed by atoms with Crippen LogP contribution in [-0.2, 0) is 4.74 Å². The Morgan fingerprint density at radius 3 is 3.16 bits per heavy atom. The summed E-state index contributed by atoms with van der Waals surface area (Å²) in [5.74, 6) is 5.31. The molecule has 1 aromatic rings. The van der Waals surface area contributed by atoms with Gasteiger partial charge < -0.3 is 15.2 Å². The van der Waals surface area contributed by atoms with Crippen LogP contribution in [-0.4, -0.2) is 36.9 Å². The third kappa shape index (κ3) is 3.80. The summed E-state index contributed by atoms with van der Waals surface area (Å²) in [6, 6.07) is 1.95. The van der Waals surface area contributed by atoms with Crippen molar-refractivity contribution in [3.05, 3.63) is 21.9 Å². The molecule has 2 unspecified atom stereocenters. The van der Waals surface area contributed by atoms with Crippen molar-refractivity contribution >= 4 is 17.2 Å². The summed E-state index contributed by atoms with van der Waals surface area (Å²) in [6.07, 6.45) is 3.10. The van der Waals surface area contributed by atoms with Gasteiger partial charge in [-0.15, -0.1) is 11.3 Å². The Morgan fingerprint density at radius 1 is 1.63 bits per heavy atom. The number of amides is 1. The Bertz CT molecular complexity index is 500. The quantitative estimate of drug-likeness (QED) is 0.822. The van der Waals surface area contributed by atoms with E-state index >= 15 is 0 Å². The molecule has 2 N–H and O–H groups in total. The van der Waals surface area contributed by atoms with Crippen LogP contribution < -0.4 is 5.32 Å². The fourth-order valence-corrected chi connectivity index (χ4v) is 2.96. The van der Waals surface area contributed by atoms with Crippen LogP contribution in [0.3, 0.4) is 0 Å². The highest BCUT2D eigenvalue weighted by atomic mass is 32.1. The van der Waals surface area contributed by atoms with Crippen LogP contribution in [0.25, 0.3) is 0 Å². The summed E-state index contributed by atoms with van der Waals surface area (Å²) in [4.78, 5) is 12.8. The Hall–Kier alpha value is -1.35. The summed E-state index contributed by atoms with van der Waals surface area (Å²) >= 11 is 1.41. The molecule has 1 saturated carbocycles. The molecule has 0 radical (unpaired) electrons. The number of methoxy groups -OCH3 is 1. The van der Waals surface area contributed by atoms with Crippen LogP contribution in [0.1, 0.15) is 34.5 Å². The minimum atomic E-state index is -0.167. The summed E-state index contributed by atoms with van der Waals surface area (Å²) in [5.41, 5.74) is 0.633. The van der Waals surface area contributed by atoms with Gasteiger partial charge in [0.25, 0.3) is 5.91 Å². The lowest BCUT2D eigenvalue weighted by atomic mass is 10.2. The standard InChI is InChI=1S/C14H17NO3S/c1-18-12-5-4-11(8-12)15-14(17)10-7-13(19-9-10)3-2-6-16/h7,9,11-12,16H,4-6,8H2,1H3,(H,15,17). The third-order valence-electron chi connectivity index (χ3n) is 3.21. The lowest BCUT2D eigenvalue weighted by molar-refractivity contribution is 0.0915. The van der Waals surface area contributed by atoms with Gasteiger partial charge in [-0.05, 0) is 25.3 Å². The number of aliphatic hydroxyl groups excluding tert-OH is 1. The van der Waals surface area contributed by atoms with Crippen LogP contribution in [0.15, 0.2) is 11.4 Å². The van der Waals surface area contributed by atoms with Crippen molar-refractivity contribution < 1.29 is 14.6 Å². The van der Waals surface area contributed by atoms with Crippen LogP contribution in [0.5, 0.6) is 0 Å². The van der Waals surface area contributed by atoms with Crippen molar-refractivity contribution in [3.8, 4) is 11.8 Å². The Labute approximate surface area is 116 Å². The topological polar surface area (TPSA) is 58.6 Å². The van der Waals surface area contributed by atoms with Gasteiger partial charge in [0.1, 0.15) is 6.61 Å². The van der Waals surface area contributed by atoms with Crippen molar-refractivity contribution in [1.82, 2.24) is 5.32 Å². The smallest absolute Gasteiger partial charge is 0.252 e. The zero-order valence-electron chi connectivity index (χ0n) is 10.8. The highest BCUT2D eigenvalue weighted by Gasteiger charge is 2.26. The van der Waals surface area contributed by atoms with Crippen molar-refractivity contribution in [1.29, 1.82) is 0 Å². The summed E-state index contributed by atoms with van der Waals surface area (Å²) in [6.45, 7) is -0.167. The molecule has 1 fully saturated rings. The van der Waals surface area contributed by atoms with Gasteiger partial charge in [0.05, 0.1) is 16.5 Å². The van der Waals surface area contributed by atoms with Gasteiger partial charge in [0.2, 0.25) is 0 Å². The number of rotatable bonds is 3. The van der Waals surface area contributed by atoms with Crippen LogP contribution in [0.4, 0.5) is 0 Å². The molecule has 0 aromatic carbocycles. The first kappa shape index (κ1) is 14.1. The van der Waals surface area contributed by atoms with E-state index in [1.165, 1.54) is 11.3 Å². The number of hydrogen-bond acceptors (Lipinski definition) is 4. The molecule has 102 valence electrons. The molecule has 1 aliphatic carbocycles. The minimum Gasteiger partial charge on any atom is -0.384 e. The van der Waals surface area contributed by atoms with E-state index in [0.29, 0.717) is 5.56 Å². The van der Waals surface area contributed by atoms with Gasteiger partial charge in [0.15, 0.2) is 0 Å². The van der Waals surface area contributed by atoms with E-state index in [1.54, 1.807) is 18.6 Å². The predicted octanol–water partition coefficient (Wildman–Crippen LogP) is 1.39. The molecule has 0 aliphatic heterocycles. The monoisotopic (exact) mass is 279 g/mol. The number of carbonyl (C=O) groups excluding carboxylic acids is 1. The van der Waals surface area contributed by atoms with Gasteiger partial charge in [-0.1, -0.05) is 11.8 Å². The highest BCUT2D eigenvalue weighted by Crippen LogP contribution is 2.22. The number of ether oxygens (including phenoxy) is 1. The molecule has 4 nitrogen and oxygen atoms in total. The Kier molecular flexibility index (Phi) is 4.97. The Balaban J connectivity index is 1.91. The Morgan fingerprint density at radius 2 is 2.47 bits per heavy atom. The maximum absolute atomic E-state index is 12.0. The number of thiophene rings is 1. The second kappa shape index (κ2) is 6.71. The van der Waals surface area contributed by atoms with Gasteiger partial charge >= 0.3 is 0 Å². The molecule has 5 heteroatoms. The second-order valence-corrected chi connectivity index (χ2v) is 5.41. The van der Waals surface area contributed by atoms with Crippen molar-refractivity contribution in [2.24, 2.45) is 0 Å². The van der Waals surface area contributed by atoms with Gasteiger partial charge in [-0.2, -0.15) is 0 Å². The van der Waals surface area contributed by atoms with Crippen LogP contribution in [0.2, 0.25) is 0 Å². The van der Waals surface area contributed by atoms with Crippen molar-refractivity contribution in [2.75, 3.05) is 13.7 Å². The van der Waals surface area contributed by atoms with Crippen LogP contribution in [0, 0.1) is 11.8 Å². The van der Waals surface area contributed by atoms with E-state index in [9.17, 15) is 4.79 Å². The van der Waals surface area contributed by atoms with E-state index in [1.807, 2.05) is 0 Å². The molecular formula is C14H17NO3S. The first-order chi connectivity index (χ1) is 9.22. The SMILES string of the molecule is COC1CCC(NC(=O)c2csc(C#CCO)c2)C1. The van der Waals surface area contributed by atoms with Gasteiger partial charge in [-0.3, -0.25) is 4.79 Å². The number of aliphatic hydroxyl groups is 1. The normalized spacial score (nSPS) is 21.8. The average Bonchev–Trinajstić information content (AvgIpc) is 3.04. The molecule has 1 heterocycles. The molecule has 2 atom stereocenters. The molecule has 19 heavy (non-hydrogen) atoms. The van der Waals surface area contributed by atoms with E-state index < -0.39 is 0 Å². The first-order valence-electron chi connectivity index (χ1n) is 6.25. The van der Waals surface area contributed by atoms with E-state index in [-0.39, 0.29) is 24.7 Å². The zero-order chi connectivity index (χ0) is 13.7. The van der Waals surface area contributed by atoms with Gasteiger partial charge in [0, 0.05) is 18.5 Å². The first-order valence-corrected chi connectivity index (χ1v) is 7.13. The lowest BCUT2D eigenvalue weighted by Crippen LogP contribution is -2.33. The van der Waals surface area contributed by atoms with Crippen molar-refractivity contribution in [3.63, 3.8) is 0 Å². The van der Waals surface area contributed by atoms with E-state index in [0.717, 1.165) is 24.1 Å². The predicted molar refractivity (Wildman–Crippen MR) is 74.2 cm³/mol. The molecule has 2 rings (SSSR count). The largest absolute Gasteiger partial charge is 0.384 e. The number of carbonyl (C=O) groups is 1.